The number of nitrogens with zero attached hydrogens (tertiary/aromatic N) is 1. The molecule has 0 saturated carbocycles. The van der Waals surface area contributed by atoms with Gasteiger partial charge in [0.05, 0.1) is 17.8 Å². The quantitative estimate of drug-likeness (QED) is 0.631. The van der Waals surface area contributed by atoms with Crippen LogP contribution in [0.4, 0.5) is 5.69 Å². The van der Waals surface area contributed by atoms with Gasteiger partial charge in [-0.05, 0) is 6.92 Å². The Hall–Kier alpha value is -0.930. The van der Waals surface area contributed by atoms with E-state index in [4.69, 9.17) is 33.7 Å². The number of aromatic nitrogens is 1. The van der Waals surface area contributed by atoms with E-state index in [9.17, 15) is 0 Å². The van der Waals surface area contributed by atoms with E-state index in [-0.39, 0.29) is 0 Å². The molecular weight excluding hydrogens is 223 g/mol. The molecular formula is C9H10Cl2N2O. The van der Waals surface area contributed by atoms with Crippen LogP contribution in [0.5, 0.6) is 0 Å². The number of ether oxygens (including phenoxy) is 1. The summed E-state index contributed by atoms with van der Waals surface area (Å²) in [5.41, 5.74) is 7.16. The second-order valence-electron chi connectivity index (χ2n) is 2.73. The molecule has 1 rings (SSSR count). The third-order valence-electron chi connectivity index (χ3n) is 1.88. The van der Waals surface area contributed by atoms with Gasteiger partial charge in [-0.1, -0.05) is 29.8 Å². The molecule has 1 heterocycles. The second kappa shape index (κ2) is 4.07. The third-order valence-corrected chi connectivity index (χ3v) is 2.63. The summed E-state index contributed by atoms with van der Waals surface area (Å²) in [6.45, 7) is 5.38. The molecule has 3 nitrogen and oxygen atoms in total. The summed E-state index contributed by atoms with van der Waals surface area (Å²) < 4.78 is 4.91. The highest BCUT2D eigenvalue weighted by atomic mass is 35.5. The molecule has 0 fully saturated rings. The Morgan fingerprint density at radius 2 is 2.07 bits per heavy atom. The number of methoxy groups -OCH3 is 1. The minimum Gasteiger partial charge on any atom is -0.495 e. The fourth-order valence-corrected chi connectivity index (χ4v) is 1.39. The lowest BCUT2D eigenvalue weighted by atomic mass is 10.2. The van der Waals surface area contributed by atoms with E-state index < -0.39 is 0 Å². The summed E-state index contributed by atoms with van der Waals surface area (Å²) in [6, 6.07) is 0. The first-order valence-electron chi connectivity index (χ1n) is 3.83. The number of nitrogens with two attached hydrogens (primary N) is 1. The van der Waals surface area contributed by atoms with E-state index in [1.807, 2.05) is 0 Å². The minimum atomic E-state index is 0.306. The number of pyridine rings is 1. The summed E-state index contributed by atoms with van der Waals surface area (Å²) in [6.07, 6.45) is 0. The van der Waals surface area contributed by atoms with Gasteiger partial charge in [-0.2, -0.15) is 0 Å². The number of nitrogen functional groups attached to an aromatic ring is 1. The SMILES string of the molecule is C=C(OC)c1nc(Cl)c(C)c(N)c1Cl. The average molecular weight is 233 g/mol. The molecule has 0 saturated heterocycles. The van der Waals surface area contributed by atoms with Crippen LogP contribution in [-0.2, 0) is 4.74 Å². The van der Waals surface area contributed by atoms with E-state index in [1.54, 1.807) is 6.92 Å². The summed E-state index contributed by atoms with van der Waals surface area (Å²) in [4.78, 5) is 4.03. The molecule has 0 radical (unpaired) electrons. The van der Waals surface area contributed by atoms with Crippen molar-refractivity contribution in [3.05, 3.63) is 28.0 Å². The molecule has 0 aliphatic heterocycles. The predicted molar refractivity (Wildman–Crippen MR) is 59.4 cm³/mol. The number of halogens is 2. The van der Waals surface area contributed by atoms with E-state index in [1.165, 1.54) is 7.11 Å². The van der Waals surface area contributed by atoms with E-state index in [0.29, 0.717) is 32.9 Å². The molecule has 1 aromatic rings. The van der Waals surface area contributed by atoms with Crippen molar-refractivity contribution in [2.75, 3.05) is 12.8 Å². The van der Waals surface area contributed by atoms with Crippen molar-refractivity contribution >= 4 is 34.6 Å². The Morgan fingerprint density at radius 1 is 1.50 bits per heavy atom. The van der Waals surface area contributed by atoms with Crippen molar-refractivity contribution in [1.82, 2.24) is 4.98 Å². The smallest absolute Gasteiger partial charge is 0.138 e. The van der Waals surface area contributed by atoms with Gasteiger partial charge in [0, 0.05) is 5.56 Å². The van der Waals surface area contributed by atoms with Crippen LogP contribution in [0.15, 0.2) is 6.58 Å². The highest BCUT2D eigenvalue weighted by molar-refractivity contribution is 6.36. The van der Waals surface area contributed by atoms with Crippen LogP contribution in [0.25, 0.3) is 5.76 Å². The van der Waals surface area contributed by atoms with Gasteiger partial charge in [0.2, 0.25) is 0 Å². The van der Waals surface area contributed by atoms with E-state index >= 15 is 0 Å². The first-order valence-corrected chi connectivity index (χ1v) is 4.59. The predicted octanol–water partition coefficient (Wildman–Crippen LogP) is 2.90. The van der Waals surface area contributed by atoms with Gasteiger partial charge in [0.15, 0.2) is 0 Å². The maximum atomic E-state index is 5.96. The minimum absolute atomic E-state index is 0.306. The van der Waals surface area contributed by atoms with Gasteiger partial charge in [-0.25, -0.2) is 4.98 Å². The second-order valence-corrected chi connectivity index (χ2v) is 3.47. The lowest BCUT2D eigenvalue weighted by Gasteiger charge is -2.10. The first kappa shape index (κ1) is 11.1. The Balaban J connectivity index is 3.40. The summed E-state index contributed by atoms with van der Waals surface area (Å²) in [5, 5.41) is 0.624. The van der Waals surface area contributed by atoms with E-state index in [2.05, 4.69) is 11.6 Å². The van der Waals surface area contributed by atoms with Crippen LogP contribution in [0.1, 0.15) is 11.3 Å². The van der Waals surface area contributed by atoms with Gasteiger partial charge < -0.3 is 10.5 Å². The molecule has 1 aromatic heterocycles. The highest BCUT2D eigenvalue weighted by Gasteiger charge is 2.14. The summed E-state index contributed by atoms with van der Waals surface area (Å²) >= 11 is 11.8. The topological polar surface area (TPSA) is 48.1 Å². The van der Waals surface area contributed by atoms with Gasteiger partial charge >= 0.3 is 0 Å². The van der Waals surface area contributed by atoms with Crippen LogP contribution in [0, 0.1) is 6.92 Å². The molecule has 0 amide bonds. The molecule has 0 aromatic carbocycles. The van der Waals surface area contributed by atoms with Crippen molar-refractivity contribution in [2.45, 2.75) is 6.92 Å². The fraction of sp³-hybridized carbons (Fsp3) is 0.222. The Labute approximate surface area is 92.5 Å². The van der Waals surface area contributed by atoms with Crippen LogP contribution in [0.3, 0.4) is 0 Å². The highest BCUT2D eigenvalue weighted by Crippen LogP contribution is 2.32. The maximum Gasteiger partial charge on any atom is 0.138 e. The van der Waals surface area contributed by atoms with Gasteiger partial charge in [0.1, 0.15) is 16.6 Å². The molecule has 5 heteroatoms. The summed E-state index contributed by atoms with van der Waals surface area (Å²) in [7, 11) is 1.48. The third kappa shape index (κ3) is 1.79. The zero-order valence-corrected chi connectivity index (χ0v) is 9.41. The average Bonchev–Trinajstić information content (AvgIpc) is 2.19. The molecule has 76 valence electrons. The molecule has 0 spiro atoms. The molecule has 0 aliphatic carbocycles. The van der Waals surface area contributed by atoms with E-state index in [0.717, 1.165) is 0 Å². The first-order chi connectivity index (χ1) is 6.49. The van der Waals surface area contributed by atoms with Crippen molar-refractivity contribution in [3.8, 4) is 0 Å². The van der Waals surface area contributed by atoms with Crippen molar-refractivity contribution in [3.63, 3.8) is 0 Å². The van der Waals surface area contributed by atoms with Crippen LogP contribution >= 0.6 is 23.2 Å². The van der Waals surface area contributed by atoms with Gasteiger partial charge in [-0.15, -0.1) is 0 Å². The number of anilines is 1. The van der Waals surface area contributed by atoms with Crippen LogP contribution in [-0.4, -0.2) is 12.1 Å². The van der Waals surface area contributed by atoms with Crippen LogP contribution in [0.2, 0.25) is 10.2 Å². The largest absolute Gasteiger partial charge is 0.495 e. The molecule has 0 atom stereocenters. The molecule has 0 unspecified atom stereocenters. The van der Waals surface area contributed by atoms with Gasteiger partial charge in [-0.3, -0.25) is 0 Å². The Morgan fingerprint density at radius 3 is 2.57 bits per heavy atom. The molecule has 0 bridgehead atoms. The number of rotatable bonds is 2. The Kier molecular flexibility index (Phi) is 3.24. The summed E-state index contributed by atoms with van der Waals surface area (Å²) in [5.74, 6) is 0.337. The number of hydrogen-bond donors (Lipinski definition) is 1. The van der Waals surface area contributed by atoms with Crippen molar-refractivity contribution < 1.29 is 4.74 Å². The number of hydrogen-bond acceptors (Lipinski definition) is 3. The monoisotopic (exact) mass is 232 g/mol. The molecule has 2 N–H and O–H groups in total. The zero-order chi connectivity index (χ0) is 10.9. The van der Waals surface area contributed by atoms with Crippen molar-refractivity contribution in [1.29, 1.82) is 0 Å². The zero-order valence-electron chi connectivity index (χ0n) is 7.90. The normalized spacial score (nSPS) is 10.0. The Bertz CT molecular complexity index is 391. The lowest BCUT2D eigenvalue weighted by molar-refractivity contribution is 0.369. The lowest BCUT2D eigenvalue weighted by Crippen LogP contribution is -2.00. The fourth-order valence-electron chi connectivity index (χ4n) is 0.916. The van der Waals surface area contributed by atoms with Gasteiger partial charge in [0.25, 0.3) is 0 Å². The van der Waals surface area contributed by atoms with Crippen molar-refractivity contribution in [2.24, 2.45) is 0 Å². The van der Waals surface area contributed by atoms with Crippen LogP contribution < -0.4 is 5.73 Å². The maximum absolute atomic E-state index is 5.96. The molecule has 14 heavy (non-hydrogen) atoms. The standard InChI is InChI=1S/C9H10Cl2N2O/c1-4-7(12)6(10)8(5(2)14-3)13-9(4)11/h2H2,1,3H3,(H2,12,13). The molecule has 0 aliphatic rings.